The lowest BCUT2D eigenvalue weighted by molar-refractivity contribution is 0.0985. The molecule has 1 aliphatic rings. The molecule has 0 radical (unpaired) electrons. The van der Waals surface area contributed by atoms with Gasteiger partial charge in [-0.1, -0.05) is 0 Å². The van der Waals surface area contributed by atoms with Gasteiger partial charge in [-0.2, -0.15) is 0 Å². The van der Waals surface area contributed by atoms with Gasteiger partial charge < -0.3 is 9.47 Å². The predicted molar refractivity (Wildman–Crippen MR) is 62.7 cm³/mol. The Bertz CT molecular complexity index is 444. The van der Waals surface area contributed by atoms with Crippen LogP contribution in [0.4, 0.5) is 0 Å². The molecule has 1 aliphatic heterocycles. The summed E-state index contributed by atoms with van der Waals surface area (Å²) >= 11 is 0. The maximum atomic E-state index is 11.6. The number of ether oxygens (including phenoxy) is 2. The number of benzene rings is 1. The quantitative estimate of drug-likeness (QED) is 0.879. The van der Waals surface area contributed by atoms with Crippen molar-refractivity contribution in [2.45, 2.75) is 18.7 Å². The maximum Gasteiger partial charge on any atom is 0.264 e. The zero-order valence-electron chi connectivity index (χ0n) is 9.61. The topological polar surface area (TPSA) is 64.6 Å². The van der Waals surface area contributed by atoms with E-state index in [1.807, 2.05) is 13.8 Å². The molecule has 1 N–H and O–H groups in total. The number of carbonyl (C=O) groups is 1. The Hall–Kier alpha value is -1.56. The van der Waals surface area contributed by atoms with Gasteiger partial charge in [0.05, 0.1) is 23.7 Å². The van der Waals surface area contributed by atoms with E-state index in [4.69, 9.17) is 9.47 Å². The zero-order valence-corrected chi connectivity index (χ0v) is 10.4. The minimum atomic E-state index is -1.49. The van der Waals surface area contributed by atoms with E-state index in [-0.39, 0.29) is 5.91 Å². The van der Waals surface area contributed by atoms with E-state index in [0.717, 1.165) is 0 Å². The molecule has 0 spiro atoms. The van der Waals surface area contributed by atoms with Crippen LogP contribution in [0.1, 0.15) is 24.2 Å². The van der Waals surface area contributed by atoms with Gasteiger partial charge in [0.15, 0.2) is 22.5 Å². The molecule has 0 saturated carbocycles. The van der Waals surface area contributed by atoms with Crippen LogP contribution in [0.3, 0.4) is 0 Å². The molecule has 1 unspecified atom stereocenters. The summed E-state index contributed by atoms with van der Waals surface area (Å²) in [4.78, 5) is 11.9. The SMILES string of the molecule is CCOc1cc2c(cc1OCC)S(=O)NC2=O. The molecule has 1 aromatic carbocycles. The number of amides is 1. The van der Waals surface area contributed by atoms with Crippen molar-refractivity contribution < 1.29 is 18.5 Å². The Kier molecular flexibility index (Phi) is 3.33. The molecule has 17 heavy (non-hydrogen) atoms. The smallest absolute Gasteiger partial charge is 0.264 e. The second kappa shape index (κ2) is 4.75. The first-order valence-electron chi connectivity index (χ1n) is 5.33. The summed E-state index contributed by atoms with van der Waals surface area (Å²) in [6.45, 7) is 4.65. The van der Waals surface area contributed by atoms with Gasteiger partial charge in [0.2, 0.25) is 0 Å². The summed E-state index contributed by atoms with van der Waals surface area (Å²) in [5.74, 6) is 0.669. The molecule has 1 heterocycles. The average molecular weight is 255 g/mol. The number of hydrogen-bond acceptors (Lipinski definition) is 4. The molecule has 2 rings (SSSR count). The molecule has 0 bridgehead atoms. The van der Waals surface area contributed by atoms with Crippen LogP contribution in [0.25, 0.3) is 0 Å². The van der Waals surface area contributed by atoms with Gasteiger partial charge in [-0.25, -0.2) is 4.21 Å². The highest BCUT2D eigenvalue weighted by molar-refractivity contribution is 7.84. The van der Waals surface area contributed by atoms with Crippen molar-refractivity contribution in [3.8, 4) is 11.5 Å². The lowest BCUT2D eigenvalue weighted by Gasteiger charge is -2.11. The molecule has 0 saturated heterocycles. The first-order valence-corrected chi connectivity index (χ1v) is 6.48. The first-order chi connectivity index (χ1) is 8.17. The first kappa shape index (κ1) is 11.9. The largest absolute Gasteiger partial charge is 0.490 e. The second-order valence-corrected chi connectivity index (χ2v) is 4.54. The molecule has 92 valence electrons. The molecule has 5 nitrogen and oxygen atoms in total. The van der Waals surface area contributed by atoms with Crippen LogP contribution in [-0.2, 0) is 11.0 Å². The van der Waals surface area contributed by atoms with Gasteiger partial charge in [-0.05, 0) is 19.9 Å². The van der Waals surface area contributed by atoms with E-state index in [1.54, 1.807) is 12.1 Å². The van der Waals surface area contributed by atoms with Crippen LogP contribution in [0, 0.1) is 0 Å². The maximum absolute atomic E-state index is 11.6. The summed E-state index contributed by atoms with van der Waals surface area (Å²) in [5, 5.41) is 0. The van der Waals surface area contributed by atoms with Crippen molar-refractivity contribution in [1.29, 1.82) is 0 Å². The third-order valence-electron chi connectivity index (χ3n) is 2.28. The van der Waals surface area contributed by atoms with Gasteiger partial charge in [0, 0.05) is 6.07 Å². The van der Waals surface area contributed by atoms with Gasteiger partial charge >= 0.3 is 0 Å². The van der Waals surface area contributed by atoms with Crippen molar-refractivity contribution in [3.63, 3.8) is 0 Å². The zero-order chi connectivity index (χ0) is 12.4. The van der Waals surface area contributed by atoms with E-state index in [2.05, 4.69) is 4.72 Å². The van der Waals surface area contributed by atoms with E-state index in [1.165, 1.54) is 0 Å². The Morgan fingerprint density at radius 2 is 1.76 bits per heavy atom. The molecule has 1 aromatic rings. The lowest BCUT2D eigenvalue weighted by atomic mass is 10.2. The van der Waals surface area contributed by atoms with Gasteiger partial charge in [0.1, 0.15) is 0 Å². The highest BCUT2D eigenvalue weighted by atomic mass is 32.2. The molecule has 1 amide bonds. The molecule has 0 aliphatic carbocycles. The van der Waals surface area contributed by atoms with Crippen LogP contribution < -0.4 is 14.2 Å². The fourth-order valence-corrected chi connectivity index (χ4v) is 2.56. The number of carbonyl (C=O) groups excluding carboxylic acids is 1. The lowest BCUT2D eigenvalue weighted by Crippen LogP contribution is -2.15. The van der Waals surface area contributed by atoms with E-state index in [0.29, 0.717) is 35.2 Å². The van der Waals surface area contributed by atoms with Crippen molar-refractivity contribution in [3.05, 3.63) is 17.7 Å². The molecular formula is C11H13NO4S. The molecule has 0 aromatic heterocycles. The molecule has 6 heteroatoms. The summed E-state index contributed by atoms with van der Waals surface area (Å²) in [7, 11) is -1.49. The van der Waals surface area contributed by atoms with Gasteiger partial charge in [-0.3, -0.25) is 9.52 Å². The summed E-state index contributed by atoms with van der Waals surface area (Å²) in [6, 6.07) is 3.17. The van der Waals surface area contributed by atoms with Crippen molar-refractivity contribution >= 4 is 16.9 Å². The highest BCUT2D eigenvalue weighted by Gasteiger charge is 2.28. The van der Waals surface area contributed by atoms with Crippen molar-refractivity contribution in [2.75, 3.05) is 13.2 Å². The van der Waals surface area contributed by atoms with Crippen molar-refractivity contribution in [2.24, 2.45) is 0 Å². The van der Waals surface area contributed by atoms with E-state index in [9.17, 15) is 9.00 Å². The van der Waals surface area contributed by atoms with Crippen LogP contribution in [-0.4, -0.2) is 23.3 Å². The summed E-state index contributed by atoms with van der Waals surface area (Å²) in [5.41, 5.74) is 0.384. The minimum Gasteiger partial charge on any atom is -0.490 e. The molecular weight excluding hydrogens is 242 g/mol. The minimum absolute atomic E-state index is 0.345. The Morgan fingerprint density at radius 3 is 2.35 bits per heavy atom. The normalized spacial score (nSPS) is 17.5. The number of fused-ring (bicyclic) bond motifs is 1. The molecule has 0 fully saturated rings. The second-order valence-electron chi connectivity index (χ2n) is 3.36. The summed E-state index contributed by atoms with van der Waals surface area (Å²) in [6.07, 6.45) is 0. The van der Waals surface area contributed by atoms with Crippen LogP contribution in [0.15, 0.2) is 17.0 Å². The standard InChI is InChI=1S/C11H13NO4S/c1-3-15-8-5-7-10(6-9(8)16-4-2)17(14)12-11(7)13/h5-6H,3-4H2,1-2H3,(H,12,13). The Labute approximate surface area is 102 Å². The predicted octanol–water partition coefficient (Wildman–Crippen LogP) is 1.25. The third-order valence-corrected chi connectivity index (χ3v) is 3.38. The van der Waals surface area contributed by atoms with Gasteiger partial charge in [0.25, 0.3) is 5.91 Å². The van der Waals surface area contributed by atoms with Crippen molar-refractivity contribution in [1.82, 2.24) is 4.72 Å². The van der Waals surface area contributed by atoms with Crippen LogP contribution in [0.5, 0.6) is 11.5 Å². The third kappa shape index (κ3) is 2.12. The van der Waals surface area contributed by atoms with Crippen LogP contribution >= 0.6 is 0 Å². The Balaban J connectivity index is 2.50. The van der Waals surface area contributed by atoms with E-state index >= 15 is 0 Å². The average Bonchev–Trinajstić information content (AvgIpc) is 2.56. The Morgan fingerprint density at radius 1 is 1.18 bits per heavy atom. The monoisotopic (exact) mass is 255 g/mol. The number of rotatable bonds is 4. The molecule has 1 atom stereocenters. The fourth-order valence-electron chi connectivity index (χ4n) is 1.60. The number of hydrogen-bond donors (Lipinski definition) is 1. The van der Waals surface area contributed by atoms with Crippen LogP contribution in [0.2, 0.25) is 0 Å². The summed E-state index contributed by atoms with van der Waals surface area (Å²) < 4.78 is 24.7. The van der Waals surface area contributed by atoms with Gasteiger partial charge in [-0.15, -0.1) is 0 Å². The highest BCUT2D eigenvalue weighted by Crippen LogP contribution is 2.34. The number of nitrogens with one attached hydrogen (secondary N) is 1. The van der Waals surface area contributed by atoms with E-state index < -0.39 is 11.0 Å². The fraction of sp³-hybridized carbons (Fsp3) is 0.364.